The first-order valence-corrected chi connectivity index (χ1v) is 9.79. The molecule has 156 valence electrons. The number of alkyl halides is 3. The highest BCUT2D eigenvalue weighted by molar-refractivity contribution is 6.35. The van der Waals surface area contributed by atoms with Gasteiger partial charge >= 0.3 is 12.1 Å². The van der Waals surface area contributed by atoms with E-state index in [1.54, 1.807) is 6.07 Å². The maximum Gasteiger partial charge on any atom is 0.471 e. The molecule has 2 heterocycles. The van der Waals surface area contributed by atoms with Gasteiger partial charge in [-0.25, -0.2) is 0 Å². The van der Waals surface area contributed by atoms with Gasteiger partial charge in [0.15, 0.2) is 0 Å². The minimum atomic E-state index is -4.91. The van der Waals surface area contributed by atoms with Crippen molar-refractivity contribution in [2.45, 2.75) is 31.1 Å². The summed E-state index contributed by atoms with van der Waals surface area (Å²) in [4.78, 5) is 15.5. The molecule has 2 aromatic carbocycles. The number of hydrogen-bond donors (Lipinski definition) is 1. The lowest BCUT2D eigenvalue weighted by Gasteiger charge is -2.41. The molecule has 0 saturated carbocycles. The van der Waals surface area contributed by atoms with Crippen LogP contribution in [0.4, 0.5) is 30.2 Å². The lowest BCUT2D eigenvalue weighted by Crippen LogP contribution is -2.49. The van der Waals surface area contributed by atoms with Crippen molar-refractivity contribution < 1.29 is 18.0 Å². The molecule has 2 aromatic rings. The van der Waals surface area contributed by atoms with Gasteiger partial charge in [0.25, 0.3) is 0 Å². The summed E-state index contributed by atoms with van der Waals surface area (Å²) < 4.78 is 38.2. The number of carbonyl (C=O) groups excluding carboxylic acids is 1. The highest BCUT2D eigenvalue weighted by Gasteiger charge is 2.42. The number of para-hydroxylation sites is 1. The summed E-state index contributed by atoms with van der Waals surface area (Å²) in [6.07, 6.45) is -4.22. The molecule has 30 heavy (non-hydrogen) atoms. The van der Waals surface area contributed by atoms with Gasteiger partial charge in [-0.2, -0.15) is 18.4 Å². The van der Waals surface area contributed by atoms with Gasteiger partial charge < -0.3 is 15.1 Å². The normalized spacial score (nSPS) is 20.4. The van der Waals surface area contributed by atoms with Crippen molar-refractivity contribution in [1.82, 2.24) is 5.32 Å². The molecule has 0 bridgehead atoms. The average Bonchev–Trinajstić information content (AvgIpc) is 2.82. The van der Waals surface area contributed by atoms with Gasteiger partial charge in [-0.3, -0.25) is 4.79 Å². The molecule has 9 heteroatoms. The standard InChI is InChI=1S/C21H18ClF3N4O/c1-28-15-5-3-2-4-14(15)17-10-13(27-20(30)21(23,24)25)8-9-29(17)16-7-6-12(11-26)18(22)19(16)28/h2-7,13,17H,8-10H2,1H3,(H,27,30)/t13-,17+/m0/s1. The molecule has 1 amide bonds. The molecule has 0 radical (unpaired) electrons. The van der Waals surface area contributed by atoms with Crippen LogP contribution in [0.15, 0.2) is 36.4 Å². The maximum absolute atomic E-state index is 12.7. The van der Waals surface area contributed by atoms with Crippen molar-refractivity contribution >= 4 is 34.6 Å². The SMILES string of the molecule is CN1c2ccccc2[C@H]2C[C@@H](NC(=O)C(F)(F)F)CCN2c2ccc(C#N)c(Cl)c21. The zero-order valence-corrected chi connectivity index (χ0v) is 16.8. The quantitative estimate of drug-likeness (QED) is 0.708. The molecule has 4 rings (SSSR count). The van der Waals surface area contributed by atoms with Crippen molar-refractivity contribution in [3.8, 4) is 6.07 Å². The van der Waals surface area contributed by atoms with Crippen LogP contribution in [0.2, 0.25) is 5.02 Å². The molecule has 0 unspecified atom stereocenters. The van der Waals surface area contributed by atoms with Gasteiger partial charge in [0.1, 0.15) is 6.07 Å². The molecule has 2 aliphatic heterocycles. The number of carbonyl (C=O) groups is 1. The summed E-state index contributed by atoms with van der Waals surface area (Å²) in [5.74, 6) is -1.91. The lowest BCUT2D eigenvalue weighted by molar-refractivity contribution is -0.174. The van der Waals surface area contributed by atoms with Gasteiger partial charge in [-0.1, -0.05) is 29.8 Å². The minimum Gasteiger partial charge on any atom is -0.363 e. The van der Waals surface area contributed by atoms with Crippen LogP contribution in [0.25, 0.3) is 0 Å². The van der Waals surface area contributed by atoms with E-state index in [1.165, 1.54) is 0 Å². The third-order valence-electron chi connectivity index (χ3n) is 5.71. The summed E-state index contributed by atoms with van der Waals surface area (Å²) in [6.45, 7) is 0.435. The first-order valence-electron chi connectivity index (χ1n) is 9.42. The van der Waals surface area contributed by atoms with E-state index < -0.39 is 18.1 Å². The number of benzene rings is 2. The number of anilines is 3. The summed E-state index contributed by atoms with van der Waals surface area (Å²) >= 11 is 6.57. The zero-order valence-electron chi connectivity index (χ0n) is 16.0. The van der Waals surface area contributed by atoms with Crippen LogP contribution in [-0.4, -0.2) is 31.7 Å². The van der Waals surface area contributed by atoms with E-state index in [1.807, 2.05) is 42.3 Å². The second kappa shape index (κ2) is 7.40. The molecule has 2 aliphatic rings. The van der Waals surface area contributed by atoms with E-state index in [2.05, 4.69) is 16.3 Å². The summed E-state index contributed by atoms with van der Waals surface area (Å²) in [6, 6.07) is 12.3. The number of hydrogen-bond acceptors (Lipinski definition) is 4. The lowest BCUT2D eigenvalue weighted by atomic mass is 9.90. The fraction of sp³-hybridized carbons (Fsp3) is 0.333. The smallest absolute Gasteiger partial charge is 0.363 e. The Bertz CT molecular complexity index is 1050. The highest BCUT2D eigenvalue weighted by Crippen LogP contribution is 2.50. The molecule has 1 saturated heterocycles. The number of nitrogens with one attached hydrogen (secondary N) is 1. The predicted octanol–water partition coefficient (Wildman–Crippen LogP) is 4.68. The van der Waals surface area contributed by atoms with E-state index in [4.69, 9.17) is 11.6 Å². The number of halogens is 4. The Balaban J connectivity index is 1.79. The van der Waals surface area contributed by atoms with E-state index in [-0.39, 0.29) is 6.04 Å². The fourth-order valence-electron chi connectivity index (χ4n) is 4.33. The number of piperidine rings is 1. The summed E-state index contributed by atoms with van der Waals surface area (Å²) in [5.41, 5.74) is 3.63. The van der Waals surface area contributed by atoms with Crippen LogP contribution in [0.3, 0.4) is 0 Å². The van der Waals surface area contributed by atoms with Gasteiger partial charge in [-0.05, 0) is 36.6 Å². The van der Waals surface area contributed by atoms with E-state index in [0.29, 0.717) is 35.7 Å². The summed E-state index contributed by atoms with van der Waals surface area (Å²) in [5, 5.41) is 11.9. The molecule has 0 aromatic heterocycles. The van der Waals surface area contributed by atoms with Gasteiger partial charge in [0, 0.05) is 25.3 Å². The van der Waals surface area contributed by atoms with Gasteiger partial charge in [0.05, 0.1) is 28.0 Å². The van der Waals surface area contributed by atoms with Gasteiger partial charge in [0.2, 0.25) is 0 Å². The van der Waals surface area contributed by atoms with Crippen molar-refractivity contribution in [3.63, 3.8) is 0 Å². The topological polar surface area (TPSA) is 59.4 Å². The average molecular weight is 435 g/mol. The van der Waals surface area contributed by atoms with Crippen LogP contribution in [0.1, 0.15) is 30.0 Å². The van der Waals surface area contributed by atoms with E-state index >= 15 is 0 Å². The van der Waals surface area contributed by atoms with Gasteiger partial charge in [-0.15, -0.1) is 0 Å². The monoisotopic (exact) mass is 434 g/mol. The Kier molecular flexibility index (Phi) is 5.02. The number of rotatable bonds is 1. The zero-order chi connectivity index (χ0) is 21.6. The maximum atomic E-state index is 12.7. The van der Waals surface area contributed by atoms with Crippen molar-refractivity contribution in [2.75, 3.05) is 23.4 Å². The minimum absolute atomic E-state index is 0.249. The van der Waals surface area contributed by atoms with Crippen molar-refractivity contribution in [2.24, 2.45) is 0 Å². The Labute approximate surface area is 176 Å². The van der Waals surface area contributed by atoms with E-state index in [9.17, 15) is 23.2 Å². The molecular formula is C21H18ClF3N4O. The first-order chi connectivity index (χ1) is 14.2. The number of nitriles is 1. The Morgan fingerprint density at radius 2 is 1.97 bits per heavy atom. The largest absolute Gasteiger partial charge is 0.471 e. The summed E-state index contributed by atoms with van der Waals surface area (Å²) in [7, 11) is 1.85. The number of fused-ring (bicyclic) bond motifs is 5. The molecule has 0 spiro atoms. The third kappa shape index (κ3) is 3.33. The van der Waals surface area contributed by atoms with Crippen LogP contribution < -0.4 is 15.1 Å². The fourth-order valence-corrected chi connectivity index (χ4v) is 4.66. The first kappa shape index (κ1) is 20.4. The highest BCUT2D eigenvalue weighted by atomic mass is 35.5. The third-order valence-corrected chi connectivity index (χ3v) is 6.10. The van der Waals surface area contributed by atoms with Crippen LogP contribution in [-0.2, 0) is 4.79 Å². The van der Waals surface area contributed by atoms with E-state index in [0.717, 1.165) is 16.9 Å². The van der Waals surface area contributed by atoms with Crippen molar-refractivity contribution in [1.29, 1.82) is 5.26 Å². The Morgan fingerprint density at radius 1 is 1.23 bits per heavy atom. The molecule has 1 N–H and O–H groups in total. The second-order valence-corrected chi connectivity index (χ2v) is 7.80. The molecule has 2 atom stereocenters. The molecule has 1 fully saturated rings. The van der Waals surface area contributed by atoms with Crippen molar-refractivity contribution in [3.05, 3.63) is 52.5 Å². The van der Waals surface area contributed by atoms with Crippen LogP contribution >= 0.6 is 11.6 Å². The van der Waals surface area contributed by atoms with Crippen LogP contribution in [0.5, 0.6) is 0 Å². The molecule has 0 aliphatic carbocycles. The molecular weight excluding hydrogens is 417 g/mol. The number of amides is 1. The Morgan fingerprint density at radius 3 is 2.67 bits per heavy atom. The second-order valence-electron chi connectivity index (χ2n) is 7.43. The molecule has 5 nitrogen and oxygen atoms in total. The van der Waals surface area contributed by atoms with Crippen LogP contribution in [0, 0.1) is 11.3 Å². The Hall–Kier alpha value is -2.92. The number of nitrogens with zero attached hydrogens (tertiary/aromatic N) is 3. The predicted molar refractivity (Wildman–Crippen MR) is 108 cm³/mol.